The first-order valence-corrected chi connectivity index (χ1v) is 1.22. The van der Waals surface area contributed by atoms with E-state index in [1.54, 1.807) is 0 Å². The molecule has 6 heteroatoms. The second kappa shape index (κ2) is 5.96. The number of hydrogen-bond donors (Lipinski definition) is 1. The van der Waals surface area contributed by atoms with Crippen LogP contribution >= 0.6 is 0 Å². The van der Waals surface area contributed by atoms with Crippen molar-refractivity contribution in [1.82, 2.24) is 0 Å². The number of aliphatic hydroxyl groups is 1. The van der Waals surface area contributed by atoms with Crippen LogP contribution in [0.1, 0.15) is 0 Å². The zero-order valence-electron chi connectivity index (χ0n) is 4.17. The van der Waals surface area contributed by atoms with Crippen LogP contribution in [0.2, 0.25) is 0 Å². The third kappa shape index (κ3) is 15.8. The van der Waals surface area contributed by atoms with E-state index < -0.39 is 12.8 Å². The van der Waals surface area contributed by atoms with Gasteiger partial charge in [-0.3, -0.25) is 0 Å². The van der Waals surface area contributed by atoms with Crippen molar-refractivity contribution in [3.63, 3.8) is 0 Å². The first-order chi connectivity index (χ1) is 2.56. The van der Waals surface area contributed by atoms with Crippen LogP contribution in [-0.4, -0.2) is 17.9 Å². The smallest absolute Gasteiger partial charge is 1.00 e. The normalized spacial score (nSPS) is 9.00. The molecule has 0 aliphatic rings. The van der Waals surface area contributed by atoms with Crippen molar-refractivity contribution in [2.45, 2.75) is 6.11 Å². The van der Waals surface area contributed by atoms with Crippen molar-refractivity contribution in [1.29, 1.82) is 0 Å². The molecular weight excluding hydrogens is 184 g/mol. The summed E-state index contributed by atoms with van der Waals surface area (Å²) in [4.78, 5) is 0. The van der Waals surface area contributed by atoms with Gasteiger partial charge in [-0.05, 0) is 0 Å². The maximum absolute atomic E-state index is 10.6. The molecule has 8 heavy (non-hydrogen) atoms. The molecular formula is C2H3BrF3LiO. The Hall–Kier alpha value is 0.827. The third-order valence-electron chi connectivity index (χ3n) is 0.161. The van der Waals surface area contributed by atoms with E-state index in [9.17, 15) is 13.2 Å². The number of hydrogen-bond acceptors (Lipinski definition) is 1. The maximum atomic E-state index is 10.6. The summed E-state index contributed by atoms with van der Waals surface area (Å²) >= 11 is 0. The Labute approximate surface area is 67.2 Å². The van der Waals surface area contributed by atoms with Crippen LogP contribution < -0.4 is 35.8 Å². The molecule has 0 heterocycles. The van der Waals surface area contributed by atoms with Gasteiger partial charge in [0.1, 0.15) is 0 Å². The number of rotatable bonds is 1. The molecule has 0 rings (SSSR count). The Morgan fingerprint density at radius 3 is 1.50 bits per heavy atom. The SMILES string of the molecule is OC(F)(F)CF.[Br-].[Li+]. The fourth-order valence-electron chi connectivity index (χ4n) is 0. The monoisotopic (exact) mass is 186 g/mol. The molecule has 1 nitrogen and oxygen atoms in total. The number of alkyl halides is 3. The van der Waals surface area contributed by atoms with Gasteiger partial charge in [-0.2, -0.15) is 8.78 Å². The van der Waals surface area contributed by atoms with E-state index in [2.05, 4.69) is 0 Å². The maximum Gasteiger partial charge on any atom is 1.00 e. The van der Waals surface area contributed by atoms with E-state index in [0.717, 1.165) is 0 Å². The van der Waals surface area contributed by atoms with E-state index >= 15 is 0 Å². The Balaban J connectivity index is -0.000000125. The van der Waals surface area contributed by atoms with E-state index in [0.29, 0.717) is 0 Å². The topological polar surface area (TPSA) is 20.2 Å². The van der Waals surface area contributed by atoms with Crippen LogP contribution in [0.15, 0.2) is 0 Å². The molecule has 0 spiro atoms. The van der Waals surface area contributed by atoms with E-state index in [1.165, 1.54) is 0 Å². The second-order valence-electron chi connectivity index (χ2n) is 0.799. The summed E-state index contributed by atoms with van der Waals surface area (Å²) in [5.41, 5.74) is 0. The molecule has 0 saturated heterocycles. The minimum absolute atomic E-state index is 0. The van der Waals surface area contributed by atoms with Gasteiger partial charge in [0.25, 0.3) is 0 Å². The summed E-state index contributed by atoms with van der Waals surface area (Å²) in [5.74, 6) is 0. The summed E-state index contributed by atoms with van der Waals surface area (Å²) < 4.78 is 31.8. The predicted octanol–water partition coefficient (Wildman–Crippen LogP) is -5.45. The zero-order chi connectivity index (χ0) is 5.21. The van der Waals surface area contributed by atoms with Crippen molar-refractivity contribution in [3.8, 4) is 0 Å². The molecule has 0 radical (unpaired) electrons. The molecule has 1 N–H and O–H groups in total. The predicted molar refractivity (Wildman–Crippen MR) is 13.1 cm³/mol. The molecule has 0 aromatic rings. The van der Waals surface area contributed by atoms with Gasteiger partial charge in [-0.15, -0.1) is 0 Å². The molecule has 46 valence electrons. The summed E-state index contributed by atoms with van der Waals surface area (Å²) in [6, 6.07) is 0. The Bertz CT molecular complexity index is 47.0. The molecule has 0 fully saturated rings. The molecule has 0 saturated carbocycles. The van der Waals surface area contributed by atoms with Gasteiger partial charge in [0.2, 0.25) is 0 Å². The van der Waals surface area contributed by atoms with Crippen LogP contribution in [0.4, 0.5) is 13.2 Å². The fourth-order valence-corrected chi connectivity index (χ4v) is 0. The van der Waals surface area contributed by atoms with Crippen LogP contribution in [0, 0.1) is 0 Å². The molecule has 0 unspecified atom stereocenters. The van der Waals surface area contributed by atoms with Crippen molar-refractivity contribution in [3.05, 3.63) is 0 Å². The largest absolute Gasteiger partial charge is 1.00 e. The van der Waals surface area contributed by atoms with Crippen LogP contribution in [0.5, 0.6) is 0 Å². The van der Waals surface area contributed by atoms with Crippen LogP contribution in [-0.2, 0) is 0 Å². The summed E-state index contributed by atoms with van der Waals surface area (Å²) in [5, 5.41) is 7.12. The quantitative estimate of drug-likeness (QED) is 0.406. The third-order valence-corrected chi connectivity index (χ3v) is 0.161. The summed E-state index contributed by atoms with van der Waals surface area (Å²) in [7, 11) is 0. The second-order valence-corrected chi connectivity index (χ2v) is 0.799. The van der Waals surface area contributed by atoms with Gasteiger partial charge < -0.3 is 22.1 Å². The minimum atomic E-state index is -4.12. The molecule has 0 bridgehead atoms. The molecule has 0 aliphatic carbocycles. The van der Waals surface area contributed by atoms with Gasteiger partial charge in [0, 0.05) is 0 Å². The van der Waals surface area contributed by atoms with Crippen molar-refractivity contribution >= 4 is 0 Å². The van der Waals surface area contributed by atoms with Crippen LogP contribution in [0.25, 0.3) is 0 Å². The summed E-state index contributed by atoms with van der Waals surface area (Å²) in [6.07, 6.45) is -4.12. The van der Waals surface area contributed by atoms with Gasteiger partial charge in [-0.1, -0.05) is 0 Å². The van der Waals surface area contributed by atoms with Gasteiger partial charge in [0.05, 0.1) is 0 Å². The fraction of sp³-hybridized carbons (Fsp3) is 1.00. The van der Waals surface area contributed by atoms with Gasteiger partial charge in [0.15, 0.2) is 6.67 Å². The average molecular weight is 187 g/mol. The van der Waals surface area contributed by atoms with E-state index in [1.807, 2.05) is 0 Å². The van der Waals surface area contributed by atoms with E-state index in [-0.39, 0.29) is 35.8 Å². The Kier molecular flexibility index (Phi) is 11.9. The zero-order valence-corrected chi connectivity index (χ0v) is 5.75. The standard InChI is InChI=1S/C2H3F3O.BrH.Li/c3-1-2(4,5)6;;/h6H,1H2;1H;/q;;+1/p-1. The molecule has 0 aliphatic heterocycles. The molecule has 0 aromatic heterocycles. The Morgan fingerprint density at radius 1 is 1.38 bits per heavy atom. The number of halogens is 4. The molecule has 0 atom stereocenters. The first kappa shape index (κ1) is 15.9. The van der Waals surface area contributed by atoms with Gasteiger partial charge in [-0.25, -0.2) is 4.39 Å². The van der Waals surface area contributed by atoms with Crippen molar-refractivity contribution < 1.29 is 54.1 Å². The summed E-state index contributed by atoms with van der Waals surface area (Å²) in [6.45, 7) is -2.01. The average Bonchev–Trinajstić information content (AvgIpc) is 1.35. The van der Waals surface area contributed by atoms with Gasteiger partial charge >= 0.3 is 25.0 Å². The Morgan fingerprint density at radius 2 is 1.50 bits per heavy atom. The van der Waals surface area contributed by atoms with Crippen LogP contribution in [0.3, 0.4) is 0 Å². The van der Waals surface area contributed by atoms with Crippen molar-refractivity contribution in [2.75, 3.05) is 6.67 Å². The minimum Gasteiger partial charge on any atom is -1.00 e. The molecule has 0 aromatic carbocycles. The molecule has 0 amide bonds. The van der Waals surface area contributed by atoms with E-state index in [4.69, 9.17) is 5.11 Å². The van der Waals surface area contributed by atoms with Crippen molar-refractivity contribution in [2.24, 2.45) is 0 Å². The first-order valence-electron chi connectivity index (χ1n) is 1.22.